The summed E-state index contributed by atoms with van der Waals surface area (Å²) in [7, 11) is 0. The number of hydrogen-bond acceptors (Lipinski definition) is 4. The molecule has 0 aromatic heterocycles. The first-order chi connectivity index (χ1) is 12.0. The molecule has 3 N–H and O–H groups in total. The molecule has 2 aromatic rings. The largest absolute Gasteiger partial charge is 0.374 e. The molecule has 0 bridgehead atoms. The Bertz CT molecular complexity index is 811. The van der Waals surface area contributed by atoms with E-state index in [1.165, 1.54) is 0 Å². The summed E-state index contributed by atoms with van der Waals surface area (Å²) in [6, 6.07) is 11.2. The summed E-state index contributed by atoms with van der Waals surface area (Å²) in [4.78, 5) is 25.6. The third-order valence-electron chi connectivity index (χ3n) is 4.02. The Balaban J connectivity index is 1.72. The van der Waals surface area contributed by atoms with E-state index in [1.807, 2.05) is 0 Å². The number of halogens is 2. The maximum atomic E-state index is 12.7. The maximum absolute atomic E-state index is 12.7. The van der Waals surface area contributed by atoms with Crippen LogP contribution in [0.1, 0.15) is 16.8 Å². The van der Waals surface area contributed by atoms with Gasteiger partial charge in [0, 0.05) is 17.8 Å². The van der Waals surface area contributed by atoms with E-state index in [1.54, 1.807) is 52.8 Å². The zero-order valence-corrected chi connectivity index (χ0v) is 14.5. The molecule has 2 amide bonds. The van der Waals surface area contributed by atoms with E-state index in [9.17, 15) is 9.59 Å². The van der Waals surface area contributed by atoms with Crippen LogP contribution in [0.5, 0.6) is 0 Å². The number of rotatable bonds is 4. The van der Waals surface area contributed by atoms with E-state index in [4.69, 9.17) is 28.4 Å². The number of hydroxylamine groups is 1. The average molecular weight is 380 g/mol. The van der Waals surface area contributed by atoms with Crippen LogP contribution in [0.4, 0.5) is 11.4 Å². The fourth-order valence-electron chi connectivity index (χ4n) is 2.74. The molecule has 0 saturated carbocycles. The molecule has 0 spiro atoms. The number of nitrogens with zero attached hydrogens (tertiary/aromatic N) is 1. The van der Waals surface area contributed by atoms with E-state index >= 15 is 0 Å². The minimum atomic E-state index is -0.592. The Kier molecular flexibility index (Phi) is 5.13. The van der Waals surface area contributed by atoms with Gasteiger partial charge in [-0.1, -0.05) is 29.3 Å². The molecule has 1 saturated heterocycles. The quantitative estimate of drug-likeness (QED) is 0.562. The number of nitrogens with one attached hydrogen (secondary N) is 2. The molecule has 1 atom stereocenters. The smallest absolute Gasteiger partial charge is 0.274 e. The van der Waals surface area contributed by atoms with Crippen LogP contribution in [0.2, 0.25) is 10.0 Å². The number of anilines is 2. The van der Waals surface area contributed by atoms with Crippen LogP contribution in [0.15, 0.2) is 42.5 Å². The van der Waals surface area contributed by atoms with Gasteiger partial charge in [-0.15, -0.1) is 0 Å². The van der Waals surface area contributed by atoms with Crippen molar-refractivity contribution in [1.29, 1.82) is 0 Å². The Labute approximate surface area is 154 Å². The Hall–Kier alpha value is -2.28. The van der Waals surface area contributed by atoms with Crippen molar-refractivity contribution >= 4 is 46.4 Å². The molecular weight excluding hydrogens is 365 g/mol. The summed E-state index contributed by atoms with van der Waals surface area (Å²) in [5.74, 6) is -0.688. The number of benzene rings is 2. The van der Waals surface area contributed by atoms with Crippen LogP contribution in [0.25, 0.3) is 0 Å². The van der Waals surface area contributed by atoms with Gasteiger partial charge < -0.3 is 10.2 Å². The molecule has 2 aromatic carbocycles. The normalized spacial score (nSPS) is 16.8. The first-order valence-corrected chi connectivity index (χ1v) is 8.33. The molecule has 0 aliphatic carbocycles. The van der Waals surface area contributed by atoms with Gasteiger partial charge in [-0.25, -0.2) is 5.48 Å². The zero-order valence-electron chi connectivity index (χ0n) is 13.0. The number of amides is 2. The third kappa shape index (κ3) is 3.56. The molecule has 1 aliphatic rings. The highest BCUT2D eigenvalue weighted by atomic mass is 35.5. The van der Waals surface area contributed by atoms with E-state index in [0.29, 0.717) is 39.9 Å². The lowest BCUT2D eigenvalue weighted by atomic mass is 10.1. The minimum Gasteiger partial charge on any atom is -0.374 e. The predicted molar refractivity (Wildman–Crippen MR) is 96.5 cm³/mol. The van der Waals surface area contributed by atoms with Crippen molar-refractivity contribution < 1.29 is 14.8 Å². The van der Waals surface area contributed by atoms with Crippen LogP contribution < -0.4 is 15.7 Å². The molecule has 25 heavy (non-hydrogen) atoms. The third-order valence-corrected chi connectivity index (χ3v) is 4.83. The van der Waals surface area contributed by atoms with E-state index < -0.39 is 11.9 Å². The SMILES string of the molecule is O=C(NO)c1ccc(NC2CCN(c3cccc(Cl)c3Cl)C2=O)cc1. The van der Waals surface area contributed by atoms with Crippen LogP contribution in [0.3, 0.4) is 0 Å². The molecular formula is C17H15Cl2N3O3. The second kappa shape index (κ2) is 7.31. The highest BCUT2D eigenvalue weighted by Crippen LogP contribution is 2.35. The second-order valence-corrected chi connectivity index (χ2v) is 6.35. The lowest BCUT2D eigenvalue weighted by Crippen LogP contribution is -2.33. The van der Waals surface area contributed by atoms with Crippen molar-refractivity contribution in [3.05, 3.63) is 58.1 Å². The molecule has 1 fully saturated rings. The van der Waals surface area contributed by atoms with Gasteiger partial charge in [-0.3, -0.25) is 14.8 Å². The molecule has 3 rings (SSSR count). The van der Waals surface area contributed by atoms with Crippen molar-refractivity contribution in [3.63, 3.8) is 0 Å². The van der Waals surface area contributed by atoms with Gasteiger partial charge in [0.05, 0.1) is 15.7 Å². The topological polar surface area (TPSA) is 81.7 Å². The van der Waals surface area contributed by atoms with Gasteiger partial charge in [0.1, 0.15) is 6.04 Å². The average Bonchev–Trinajstić information content (AvgIpc) is 2.98. The van der Waals surface area contributed by atoms with Gasteiger partial charge >= 0.3 is 0 Å². The van der Waals surface area contributed by atoms with Gasteiger partial charge in [-0.05, 0) is 42.8 Å². The zero-order chi connectivity index (χ0) is 18.0. The summed E-state index contributed by atoms with van der Waals surface area (Å²) in [6.07, 6.45) is 0.612. The van der Waals surface area contributed by atoms with Crippen molar-refractivity contribution in [2.45, 2.75) is 12.5 Å². The predicted octanol–water partition coefficient (Wildman–Crippen LogP) is 3.33. The van der Waals surface area contributed by atoms with Gasteiger partial charge in [0.15, 0.2) is 0 Å². The summed E-state index contributed by atoms with van der Waals surface area (Å²) >= 11 is 12.2. The van der Waals surface area contributed by atoms with Crippen LogP contribution in [-0.2, 0) is 4.79 Å². The monoisotopic (exact) mass is 379 g/mol. The van der Waals surface area contributed by atoms with Crippen molar-refractivity contribution in [1.82, 2.24) is 5.48 Å². The molecule has 1 heterocycles. The van der Waals surface area contributed by atoms with Crippen LogP contribution in [0, 0.1) is 0 Å². The summed E-state index contributed by atoms with van der Waals surface area (Å²) < 4.78 is 0. The summed E-state index contributed by atoms with van der Waals surface area (Å²) in [5.41, 5.74) is 3.19. The molecule has 6 nitrogen and oxygen atoms in total. The van der Waals surface area contributed by atoms with Gasteiger partial charge in [0.25, 0.3) is 5.91 Å². The fraction of sp³-hybridized carbons (Fsp3) is 0.176. The number of hydrogen-bond donors (Lipinski definition) is 3. The Morgan fingerprint density at radius 3 is 2.56 bits per heavy atom. The number of carbonyl (C=O) groups is 2. The Morgan fingerprint density at radius 1 is 1.16 bits per heavy atom. The summed E-state index contributed by atoms with van der Waals surface area (Å²) in [6.45, 7) is 0.529. The molecule has 130 valence electrons. The van der Waals surface area contributed by atoms with E-state index in [0.717, 1.165) is 0 Å². The van der Waals surface area contributed by atoms with Gasteiger partial charge in [0.2, 0.25) is 5.91 Å². The first-order valence-electron chi connectivity index (χ1n) is 7.57. The molecule has 8 heteroatoms. The molecule has 1 unspecified atom stereocenters. The lowest BCUT2D eigenvalue weighted by molar-refractivity contribution is -0.117. The van der Waals surface area contributed by atoms with Crippen LogP contribution >= 0.6 is 23.2 Å². The summed E-state index contributed by atoms with van der Waals surface area (Å²) in [5, 5.41) is 12.5. The van der Waals surface area contributed by atoms with Crippen molar-refractivity contribution in [3.8, 4) is 0 Å². The first kappa shape index (κ1) is 17.5. The highest BCUT2D eigenvalue weighted by Gasteiger charge is 2.33. The van der Waals surface area contributed by atoms with E-state index in [2.05, 4.69) is 5.32 Å². The second-order valence-electron chi connectivity index (χ2n) is 5.57. The molecule has 1 aliphatic heterocycles. The molecule has 0 radical (unpaired) electrons. The maximum Gasteiger partial charge on any atom is 0.274 e. The van der Waals surface area contributed by atoms with Crippen LogP contribution in [-0.4, -0.2) is 29.6 Å². The van der Waals surface area contributed by atoms with E-state index in [-0.39, 0.29) is 5.91 Å². The number of carbonyl (C=O) groups excluding carboxylic acids is 2. The Morgan fingerprint density at radius 2 is 1.88 bits per heavy atom. The standard InChI is InChI=1S/C17H15Cl2N3O3/c18-12-2-1-3-14(15(12)19)22-9-8-13(17(22)24)20-11-6-4-10(5-7-11)16(23)21-25/h1-7,13,20,25H,8-9H2,(H,21,23). The van der Waals surface area contributed by atoms with Crippen molar-refractivity contribution in [2.75, 3.05) is 16.8 Å². The lowest BCUT2D eigenvalue weighted by Gasteiger charge is -2.19. The fourth-order valence-corrected chi connectivity index (χ4v) is 3.14. The van der Waals surface area contributed by atoms with Crippen molar-refractivity contribution in [2.24, 2.45) is 0 Å². The minimum absolute atomic E-state index is 0.0960. The highest BCUT2D eigenvalue weighted by molar-refractivity contribution is 6.44. The van der Waals surface area contributed by atoms with Gasteiger partial charge in [-0.2, -0.15) is 0 Å².